The zero-order chi connectivity index (χ0) is 8.65. The molecule has 0 saturated heterocycles. The monoisotopic (exact) mass is 154 g/mol. The van der Waals surface area contributed by atoms with Crippen molar-refractivity contribution in [2.75, 3.05) is 0 Å². The van der Waals surface area contributed by atoms with Crippen molar-refractivity contribution < 1.29 is 5.11 Å². The minimum atomic E-state index is -0.272. The molecule has 11 heavy (non-hydrogen) atoms. The van der Waals surface area contributed by atoms with Crippen molar-refractivity contribution in [2.24, 2.45) is 11.3 Å². The van der Waals surface area contributed by atoms with E-state index in [1.165, 1.54) is 6.42 Å². The van der Waals surface area contributed by atoms with E-state index in [2.05, 4.69) is 19.9 Å². The Morgan fingerprint density at radius 3 is 2.36 bits per heavy atom. The van der Waals surface area contributed by atoms with E-state index in [0.717, 1.165) is 5.57 Å². The summed E-state index contributed by atoms with van der Waals surface area (Å²) >= 11 is 0. The summed E-state index contributed by atoms with van der Waals surface area (Å²) in [7, 11) is 0. The lowest BCUT2D eigenvalue weighted by Crippen LogP contribution is -2.01. The summed E-state index contributed by atoms with van der Waals surface area (Å²) in [5.74, 6) is 0.706. The molecule has 1 rings (SSSR count). The summed E-state index contributed by atoms with van der Waals surface area (Å²) in [5.41, 5.74) is 1.61. The molecule has 1 aliphatic rings. The molecule has 0 aromatic heterocycles. The summed E-state index contributed by atoms with van der Waals surface area (Å²) in [6.07, 6.45) is 3.22. The van der Waals surface area contributed by atoms with Crippen molar-refractivity contribution in [2.45, 2.75) is 40.2 Å². The first-order chi connectivity index (χ1) is 4.93. The average Bonchev–Trinajstić information content (AvgIpc) is 2.39. The summed E-state index contributed by atoms with van der Waals surface area (Å²) in [6, 6.07) is 0. The molecule has 1 saturated carbocycles. The third-order valence-electron chi connectivity index (χ3n) is 2.71. The van der Waals surface area contributed by atoms with E-state index in [4.69, 9.17) is 0 Å². The first kappa shape index (κ1) is 8.79. The van der Waals surface area contributed by atoms with E-state index in [0.29, 0.717) is 11.3 Å². The largest absolute Gasteiger partial charge is 0.389 e. The summed E-state index contributed by atoms with van der Waals surface area (Å²) in [4.78, 5) is 0. The second-order valence-electron chi connectivity index (χ2n) is 4.39. The molecule has 0 aromatic carbocycles. The van der Waals surface area contributed by atoms with Gasteiger partial charge in [-0.1, -0.05) is 19.9 Å². The maximum Gasteiger partial charge on any atom is 0.0719 e. The Morgan fingerprint density at radius 1 is 1.64 bits per heavy atom. The van der Waals surface area contributed by atoms with Crippen molar-refractivity contribution in [1.82, 2.24) is 0 Å². The van der Waals surface area contributed by atoms with Crippen molar-refractivity contribution >= 4 is 0 Å². The Bertz CT molecular complexity index is 177. The highest BCUT2D eigenvalue weighted by molar-refractivity contribution is 5.14. The van der Waals surface area contributed by atoms with E-state index >= 15 is 0 Å². The number of aliphatic hydroxyl groups is 1. The van der Waals surface area contributed by atoms with Gasteiger partial charge in [-0.15, -0.1) is 0 Å². The Labute approximate surface area is 69.1 Å². The molecule has 2 unspecified atom stereocenters. The molecule has 0 aromatic rings. The molecule has 1 N–H and O–H groups in total. The molecular weight excluding hydrogens is 136 g/mol. The molecule has 1 fully saturated rings. The summed E-state index contributed by atoms with van der Waals surface area (Å²) in [5, 5.41) is 9.20. The van der Waals surface area contributed by atoms with E-state index in [9.17, 15) is 5.11 Å². The fraction of sp³-hybridized carbons (Fsp3) is 0.800. The van der Waals surface area contributed by atoms with Crippen LogP contribution in [0.15, 0.2) is 11.6 Å². The van der Waals surface area contributed by atoms with Gasteiger partial charge in [0, 0.05) is 0 Å². The molecule has 0 aliphatic heterocycles. The van der Waals surface area contributed by atoms with Gasteiger partial charge < -0.3 is 5.11 Å². The van der Waals surface area contributed by atoms with Gasteiger partial charge in [0.15, 0.2) is 0 Å². The molecule has 0 amide bonds. The van der Waals surface area contributed by atoms with E-state index in [-0.39, 0.29) is 6.10 Å². The van der Waals surface area contributed by atoms with Crippen molar-refractivity contribution in [3.8, 4) is 0 Å². The summed E-state index contributed by atoms with van der Waals surface area (Å²) < 4.78 is 0. The van der Waals surface area contributed by atoms with Gasteiger partial charge in [-0.25, -0.2) is 0 Å². The zero-order valence-corrected chi connectivity index (χ0v) is 7.89. The van der Waals surface area contributed by atoms with E-state index in [1.807, 2.05) is 13.8 Å². The topological polar surface area (TPSA) is 20.2 Å². The zero-order valence-electron chi connectivity index (χ0n) is 7.89. The molecule has 64 valence electrons. The highest BCUT2D eigenvalue weighted by atomic mass is 16.3. The SMILES string of the molecule is CC(=CC1CC1(C)C)C(C)O. The van der Waals surface area contributed by atoms with Gasteiger partial charge in [-0.3, -0.25) is 0 Å². The van der Waals surface area contributed by atoms with Gasteiger partial charge in [0.25, 0.3) is 0 Å². The molecule has 0 bridgehead atoms. The number of hydrogen-bond acceptors (Lipinski definition) is 1. The van der Waals surface area contributed by atoms with Gasteiger partial charge in [-0.2, -0.15) is 0 Å². The normalized spacial score (nSPS) is 31.7. The highest BCUT2D eigenvalue weighted by Gasteiger charge is 2.43. The lowest BCUT2D eigenvalue weighted by Gasteiger charge is -2.04. The number of hydrogen-bond donors (Lipinski definition) is 1. The Morgan fingerprint density at radius 2 is 2.09 bits per heavy atom. The van der Waals surface area contributed by atoms with Crippen LogP contribution in [0.1, 0.15) is 34.1 Å². The van der Waals surface area contributed by atoms with Crippen LogP contribution in [-0.2, 0) is 0 Å². The predicted molar refractivity (Wildman–Crippen MR) is 47.3 cm³/mol. The van der Waals surface area contributed by atoms with E-state index < -0.39 is 0 Å². The predicted octanol–water partition coefficient (Wildman–Crippen LogP) is 2.36. The fourth-order valence-corrected chi connectivity index (χ4v) is 1.25. The lowest BCUT2D eigenvalue weighted by atomic mass is 10.1. The Hall–Kier alpha value is -0.300. The van der Waals surface area contributed by atoms with Gasteiger partial charge in [0.2, 0.25) is 0 Å². The van der Waals surface area contributed by atoms with Gasteiger partial charge in [-0.05, 0) is 37.2 Å². The minimum absolute atomic E-state index is 0.272. The maximum absolute atomic E-state index is 9.20. The van der Waals surface area contributed by atoms with Crippen molar-refractivity contribution in [3.05, 3.63) is 11.6 Å². The van der Waals surface area contributed by atoms with Crippen LogP contribution in [-0.4, -0.2) is 11.2 Å². The third kappa shape index (κ3) is 2.06. The lowest BCUT2D eigenvalue weighted by molar-refractivity contribution is 0.230. The molecule has 0 spiro atoms. The number of aliphatic hydroxyl groups excluding tert-OH is 1. The summed E-state index contributed by atoms with van der Waals surface area (Å²) in [6.45, 7) is 8.35. The first-order valence-electron chi connectivity index (χ1n) is 4.30. The third-order valence-corrected chi connectivity index (χ3v) is 2.71. The van der Waals surface area contributed by atoms with Crippen LogP contribution in [0.3, 0.4) is 0 Å². The number of allylic oxidation sites excluding steroid dienone is 1. The average molecular weight is 154 g/mol. The molecular formula is C10H18O. The van der Waals surface area contributed by atoms with Crippen LogP contribution < -0.4 is 0 Å². The van der Waals surface area contributed by atoms with Gasteiger partial charge >= 0.3 is 0 Å². The maximum atomic E-state index is 9.20. The van der Waals surface area contributed by atoms with Gasteiger partial charge in [0.05, 0.1) is 6.10 Å². The first-order valence-corrected chi connectivity index (χ1v) is 4.30. The Kier molecular flexibility index (Phi) is 2.10. The van der Waals surface area contributed by atoms with Gasteiger partial charge in [0.1, 0.15) is 0 Å². The second kappa shape index (κ2) is 2.63. The van der Waals surface area contributed by atoms with Crippen LogP contribution in [0.5, 0.6) is 0 Å². The standard InChI is InChI=1S/C10H18O/c1-7(8(2)11)5-9-6-10(9,3)4/h5,8-9,11H,6H2,1-4H3. The van der Waals surface area contributed by atoms with Crippen molar-refractivity contribution in [3.63, 3.8) is 0 Å². The molecule has 1 heteroatoms. The fourth-order valence-electron chi connectivity index (χ4n) is 1.25. The van der Waals surface area contributed by atoms with Crippen LogP contribution in [0.4, 0.5) is 0 Å². The van der Waals surface area contributed by atoms with Crippen LogP contribution >= 0.6 is 0 Å². The highest BCUT2D eigenvalue weighted by Crippen LogP contribution is 2.52. The Balaban J connectivity index is 2.49. The van der Waals surface area contributed by atoms with Crippen molar-refractivity contribution in [1.29, 1.82) is 0 Å². The molecule has 1 nitrogen and oxygen atoms in total. The molecule has 2 atom stereocenters. The minimum Gasteiger partial charge on any atom is -0.389 e. The van der Waals surface area contributed by atoms with Crippen LogP contribution in [0, 0.1) is 11.3 Å². The molecule has 0 radical (unpaired) electrons. The van der Waals surface area contributed by atoms with Crippen LogP contribution in [0.25, 0.3) is 0 Å². The smallest absolute Gasteiger partial charge is 0.0719 e. The second-order valence-corrected chi connectivity index (χ2v) is 4.39. The van der Waals surface area contributed by atoms with E-state index in [1.54, 1.807) is 0 Å². The molecule has 0 heterocycles. The van der Waals surface area contributed by atoms with Crippen LogP contribution in [0.2, 0.25) is 0 Å². The quantitative estimate of drug-likeness (QED) is 0.605. The molecule has 1 aliphatic carbocycles. The number of rotatable bonds is 2.